The van der Waals surface area contributed by atoms with Gasteiger partial charge in [0.2, 0.25) is 0 Å². The fourth-order valence-electron chi connectivity index (χ4n) is 14.7. The molecule has 6 heterocycles. The molecule has 9 aromatic rings. The number of carbonyl (C=O) groups excluding carboxylic acids is 2. The highest BCUT2D eigenvalue weighted by atomic mass is 32.1. The van der Waals surface area contributed by atoms with Crippen molar-refractivity contribution in [3.63, 3.8) is 0 Å². The number of unbranched alkanes of at least 4 members (excludes halogenated alkanes) is 24. The van der Waals surface area contributed by atoms with Crippen molar-refractivity contribution < 1.29 is 9.59 Å². The summed E-state index contributed by atoms with van der Waals surface area (Å²) >= 11 is 11.2. The minimum absolute atomic E-state index is 0.0497. The zero-order valence-electron chi connectivity index (χ0n) is 59.2. The van der Waals surface area contributed by atoms with Gasteiger partial charge in [-0.3, -0.25) is 9.59 Å². The van der Waals surface area contributed by atoms with Crippen LogP contribution in [0.1, 0.15) is 270 Å². The van der Waals surface area contributed by atoms with Crippen LogP contribution in [0.3, 0.4) is 0 Å². The highest BCUT2D eigenvalue weighted by Gasteiger charge is 2.35. The quantitative estimate of drug-likeness (QED) is 0.0166. The van der Waals surface area contributed by atoms with Crippen LogP contribution in [0.25, 0.3) is 83.9 Å². The molecule has 0 aliphatic heterocycles. The number of aryl methyl sites for hydroxylation is 4. The van der Waals surface area contributed by atoms with Gasteiger partial charge in [-0.05, 0) is 134 Å². The Hall–Kier alpha value is -7.29. The molecule has 0 atom stereocenters. The minimum Gasteiger partial charge on any atom is -0.289 e. The van der Waals surface area contributed by atoms with Crippen LogP contribution < -0.4 is 0 Å². The van der Waals surface area contributed by atoms with E-state index in [2.05, 4.69) is 100 Å². The van der Waals surface area contributed by atoms with E-state index in [1.807, 2.05) is 106 Å². The number of hydrogen-bond donors (Lipinski definition) is 0. The van der Waals surface area contributed by atoms with Crippen LogP contribution in [0.4, 0.5) is 0 Å². The Morgan fingerprint density at radius 1 is 0.380 bits per heavy atom. The molecule has 0 fully saturated rings. The number of Topliss-reactive ketones (excluding diaryl/α,β-unsaturated/α-hetero) is 2. The maximum absolute atomic E-state index is 14.5. The summed E-state index contributed by atoms with van der Waals surface area (Å²) in [5, 5.41) is 33.7. The first-order chi connectivity index (χ1) is 49.1. The van der Waals surface area contributed by atoms with Gasteiger partial charge < -0.3 is 0 Å². The van der Waals surface area contributed by atoms with E-state index in [1.165, 1.54) is 236 Å². The molecule has 11 heteroatoms. The molecule has 0 N–H and O–H groups in total. The lowest BCUT2D eigenvalue weighted by molar-refractivity contribution is 0.103. The summed E-state index contributed by atoms with van der Waals surface area (Å²) in [6.45, 7) is 9.12. The number of benzene rings is 3. The summed E-state index contributed by atoms with van der Waals surface area (Å²) < 4.78 is 2.56. The first-order valence-corrected chi connectivity index (χ1v) is 42.4. The van der Waals surface area contributed by atoms with Gasteiger partial charge in [-0.2, -0.15) is 15.8 Å². The zero-order chi connectivity index (χ0) is 69.7. The van der Waals surface area contributed by atoms with Crippen molar-refractivity contribution in [2.24, 2.45) is 0 Å². The number of rotatable bonds is 38. The van der Waals surface area contributed by atoms with Gasteiger partial charge in [-0.15, -0.1) is 74.4 Å². The number of fused-ring (bicyclic) bond motifs is 4. The van der Waals surface area contributed by atoms with Crippen molar-refractivity contribution in [2.45, 2.75) is 233 Å². The Kier molecular flexibility index (Phi) is 27.4. The average Bonchev–Trinajstić information content (AvgIpc) is 1.55. The topological polar surface area (TPSA) is 106 Å². The van der Waals surface area contributed by atoms with Gasteiger partial charge in [-0.1, -0.05) is 236 Å². The molecule has 2 aliphatic carbocycles. The Morgan fingerprint density at radius 3 is 1.09 bits per heavy atom. The van der Waals surface area contributed by atoms with Crippen molar-refractivity contribution >= 4 is 123 Å². The molecular weight excluding hydrogens is 1340 g/mol. The average molecular weight is 1430 g/mol. The SMILES string of the molecule is C#C/C(C#N)=C1/C(=C/c2cc(CCCCCCCCCCCC)c(-c3cc4c(-c5ccc(CCCCCC)s5)c5sc(-c6sc(/C=C7\C(=O)c8ccccc8C7=C(C#N)C#N)cc6CCCCCCCCCCCC)cc5c(-c5ccc(CCCCCC)s5)c4s3)s2)C(=O)c2ccccc21. The second-order valence-electron chi connectivity index (χ2n) is 27.3. The number of nitriles is 3. The van der Waals surface area contributed by atoms with Crippen molar-refractivity contribution in [3.8, 4) is 70.9 Å². The van der Waals surface area contributed by atoms with Crippen molar-refractivity contribution in [3.05, 3.63) is 172 Å². The molecule has 5 nitrogen and oxygen atoms in total. The standard InChI is InChI=1S/C89H95N3O2S6/c1-6-11-15-19-21-23-25-27-29-31-39-61-51-66(53-72-80(60(10-5)57-90)68-43-35-37-45-70(68)84(72)93)97-86(61)78-55-74-82(76-49-47-64(95-76)41-33-17-13-8-3)89-75(83(88(74)99-78)77-50-48-65(96-77)42-34-18-14-9-4)56-79(100-89)87-62(40-32-30-28-26-24-22-20-16-12-7-2)52-67(98-87)54-73-81(63(58-91)59-92)69-44-36-38-46-71(69)85(73)94/h5,35-38,43-56H,6-9,11-34,39-42H2,1-4H3/b72-53-,73-54-,80-60-. The predicted octanol–water partition coefficient (Wildman–Crippen LogP) is 28.5. The lowest BCUT2D eigenvalue weighted by Gasteiger charge is -2.09. The summed E-state index contributed by atoms with van der Waals surface area (Å²) in [6, 6.07) is 40.7. The molecule has 6 aromatic heterocycles. The van der Waals surface area contributed by atoms with Gasteiger partial charge in [0.05, 0.1) is 0 Å². The van der Waals surface area contributed by atoms with E-state index in [-0.39, 0.29) is 22.7 Å². The second kappa shape index (κ2) is 37.1. The minimum atomic E-state index is -0.158. The number of terminal acetylenes is 1. The lowest BCUT2D eigenvalue weighted by Crippen LogP contribution is -1.95. The first-order valence-electron chi connectivity index (χ1n) is 37.5. The smallest absolute Gasteiger partial charge is 0.194 e. The van der Waals surface area contributed by atoms with E-state index in [4.69, 9.17) is 6.42 Å². The Balaban J connectivity index is 1.08. The number of ketones is 2. The Labute approximate surface area is 619 Å². The molecule has 0 saturated carbocycles. The van der Waals surface area contributed by atoms with Crippen LogP contribution >= 0.6 is 68.0 Å². The summed E-state index contributed by atoms with van der Waals surface area (Å²) in [6.07, 6.45) is 48.7. The monoisotopic (exact) mass is 1430 g/mol. The highest BCUT2D eigenvalue weighted by Crippen LogP contribution is 2.56. The van der Waals surface area contributed by atoms with Crippen LogP contribution in [0.2, 0.25) is 0 Å². The largest absolute Gasteiger partial charge is 0.289 e. The molecule has 0 amide bonds. The second-order valence-corrected chi connectivity index (χ2v) is 33.9. The molecule has 0 saturated heterocycles. The van der Waals surface area contributed by atoms with Crippen molar-refractivity contribution in [2.75, 3.05) is 0 Å². The van der Waals surface area contributed by atoms with E-state index in [0.29, 0.717) is 44.5 Å². The zero-order valence-corrected chi connectivity index (χ0v) is 64.1. The first kappa shape index (κ1) is 73.9. The molecule has 0 bridgehead atoms. The van der Waals surface area contributed by atoms with Crippen molar-refractivity contribution in [1.29, 1.82) is 15.8 Å². The van der Waals surface area contributed by atoms with E-state index >= 15 is 0 Å². The molecule has 0 radical (unpaired) electrons. The molecule has 100 heavy (non-hydrogen) atoms. The fraction of sp³-hybridized carbons (Fsp3) is 0.404. The van der Waals surface area contributed by atoms with Crippen LogP contribution in [0.15, 0.2) is 119 Å². The lowest BCUT2D eigenvalue weighted by atomic mass is 9.98. The summed E-state index contributed by atoms with van der Waals surface area (Å²) in [5.41, 5.74) is 9.54. The summed E-state index contributed by atoms with van der Waals surface area (Å²) in [7, 11) is 0. The number of nitrogens with zero attached hydrogens (tertiary/aromatic N) is 3. The molecule has 0 unspecified atom stereocenters. The fourth-order valence-corrected chi connectivity index (χ4v) is 22.1. The molecular formula is C89H95N3O2S6. The van der Waals surface area contributed by atoms with Gasteiger partial charge in [0.1, 0.15) is 29.4 Å². The summed E-state index contributed by atoms with van der Waals surface area (Å²) in [5.74, 6) is 2.37. The van der Waals surface area contributed by atoms with Gasteiger partial charge in [-0.25, -0.2) is 0 Å². The maximum atomic E-state index is 14.5. The number of thiophene rings is 6. The number of carbonyl (C=O) groups is 2. The van der Waals surface area contributed by atoms with Crippen LogP contribution in [-0.4, -0.2) is 11.6 Å². The van der Waals surface area contributed by atoms with E-state index < -0.39 is 0 Å². The Morgan fingerprint density at radius 2 is 0.720 bits per heavy atom. The molecule has 11 rings (SSSR count). The Bertz CT molecular complexity index is 4300. The molecule has 514 valence electrons. The highest BCUT2D eigenvalue weighted by molar-refractivity contribution is 7.29. The maximum Gasteiger partial charge on any atom is 0.194 e. The van der Waals surface area contributed by atoms with E-state index in [0.717, 1.165) is 61.1 Å². The predicted molar refractivity (Wildman–Crippen MR) is 434 cm³/mol. The van der Waals surface area contributed by atoms with Crippen LogP contribution in [-0.2, 0) is 25.7 Å². The normalized spacial score (nSPS) is 14.0. The third-order valence-corrected chi connectivity index (χ3v) is 27.2. The van der Waals surface area contributed by atoms with Gasteiger partial charge in [0.15, 0.2) is 11.6 Å². The third kappa shape index (κ3) is 17.4. The van der Waals surface area contributed by atoms with Crippen LogP contribution in [0.5, 0.6) is 0 Å². The van der Waals surface area contributed by atoms with Crippen LogP contribution in [0, 0.1) is 46.3 Å². The van der Waals surface area contributed by atoms with E-state index in [1.54, 1.807) is 22.7 Å². The molecule has 3 aromatic carbocycles. The third-order valence-electron chi connectivity index (χ3n) is 20.0. The summed E-state index contributed by atoms with van der Waals surface area (Å²) in [4.78, 5) is 41.2. The molecule has 0 spiro atoms. The number of allylic oxidation sites excluding steroid dienone is 6. The molecule has 2 aliphatic rings. The van der Waals surface area contributed by atoms with Gasteiger partial charge in [0.25, 0.3) is 0 Å². The van der Waals surface area contributed by atoms with Gasteiger partial charge in [0, 0.05) is 113 Å². The van der Waals surface area contributed by atoms with Crippen molar-refractivity contribution in [1.82, 2.24) is 0 Å². The van der Waals surface area contributed by atoms with E-state index in [9.17, 15) is 25.4 Å². The number of hydrogen-bond acceptors (Lipinski definition) is 11. The van der Waals surface area contributed by atoms with Gasteiger partial charge >= 0.3 is 0 Å².